The van der Waals surface area contributed by atoms with Crippen molar-refractivity contribution in [1.29, 1.82) is 0 Å². The third-order valence-corrected chi connectivity index (χ3v) is 3.75. The van der Waals surface area contributed by atoms with E-state index in [1.54, 1.807) is 23.1 Å². The Balaban J connectivity index is 2.13. The van der Waals surface area contributed by atoms with Gasteiger partial charge in [-0.05, 0) is 31.7 Å². The molecule has 1 N–H and O–H groups in total. The molecule has 2 rings (SSSR count). The molecule has 1 aromatic carbocycles. The van der Waals surface area contributed by atoms with Crippen LogP contribution in [0.15, 0.2) is 24.3 Å². The highest BCUT2D eigenvalue weighted by Crippen LogP contribution is 2.27. The molecule has 1 aliphatic heterocycles. The number of nitrogens with zero attached hydrogens (tertiary/aromatic N) is 1. The molecule has 20 heavy (non-hydrogen) atoms. The normalized spacial score (nSPS) is 22.9. The molecule has 4 heteroatoms. The van der Waals surface area contributed by atoms with E-state index in [1.165, 1.54) is 6.07 Å². The van der Waals surface area contributed by atoms with Crippen molar-refractivity contribution < 1.29 is 9.18 Å². The summed E-state index contributed by atoms with van der Waals surface area (Å²) in [6.45, 7) is 6.84. The van der Waals surface area contributed by atoms with Crippen LogP contribution in [0.5, 0.6) is 0 Å². The molecule has 1 heterocycles. The molecule has 1 amide bonds. The minimum absolute atomic E-state index is 0.0574. The Morgan fingerprint density at radius 1 is 1.35 bits per heavy atom. The first-order valence-corrected chi connectivity index (χ1v) is 7.31. The van der Waals surface area contributed by atoms with Crippen LogP contribution in [0.4, 0.5) is 4.39 Å². The van der Waals surface area contributed by atoms with Crippen LogP contribution in [0.1, 0.15) is 45.3 Å². The summed E-state index contributed by atoms with van der Waals surface area (Å²) in [5.74, 6) is 0.410. The van der Waals surface area contributed by atoms with Crippen molar-refractivity contribution in [3.8, 4) is 0 Å². The molecule has 2 unspecified atom stereocenters. The summed E-state index contributed by atoms with van der Waals surface area (Å²) in [4.78, 5) is 14.0. The van der Waals surface area contributed by atoms with Gasteiger partial charge in [-0.1, -0.05) is 32.0 Å². The standard InChI is InChI=1S/C16H23FN2O/c1-11(2)7-6-10-19-15(18-12(3)16(19)20)13-8-4-5-9-14(13)17/h4-5,8-9,11-12,15,18H,6-7,10H2,1-3H3. The fourth-order valence-electron chi connectivity index (χ4n) is 2.64. The fraction of sp³-hybridized carbons (Fsp3) is 0.562. The molecule has 0 bridgehead atoms. The fourth-order valence-corrected chi connectivity index (χ4v) is 2.64. The topological polar surface area (TPSA) is 32.3 Å². The molecule has 0 aromatic heterocycles. The summed E-state index contributed by atoms with van der Waals surface area (Å²) in [5, 5.41) is 3.19. The quantitative estimate of drug-likeness (QED) is 0.897. The smallest absolute Gasteiger partial charge is 0.241 e. The third kappa shape index (κ3) is 3.18. The summed E-state index contributed by atoms with van der Waals surface area (Å²) in [5.41, 5.74) is 0.551. The van der Waals surface area contributed by atoms with Gasteiger partial charge in [0, 0.05) is 12.1 Å². The van der Waals surface area contributed by atoms with Gasteiger partial charge in [0.1, 0.15) is 12.0 Å². The van der Waals surface area contributed by atoms with Crippen LogP contribution in [-0.2, 0) is 4.79 Å². The maximum Gasteiger partial charge on any atom is 0.241 e. The SMILES string of the molecule is CC(C)CCCN1C(=O)C(C)NC1c1ccccc1F. The van der Waals surface area contributed by atoms with E-state index in [0.717, 1.165) is 12.8 Å². The second-order valence-electron chi connectivity index (χ2n) is 5.88. The number of nitrogens with one attached hydrogen (secondary N) is 1. The molecule has 0 aliphatic carbocycles. The van der Waals surface area contributed by atoms with Gasteiger partial charge in [0.05, 0.1) is 6.04 Å². The highest BCUT2D eigenvalue weighted by atomic mass is 19.1. The number of halogens is 1. The number of carbonyl (C=O) groups is 1. The number of hydrogen-bond donors (Lipinski definition) is 1. The van der Waals surface area contributed by atoms with Gasteiger partial charge < -0.3 is 4.90 Å². The van der Waals surface area contributed by atoms with Gasteiger partial charge in [-0.3, -0.25) is 10.1 Å². The zero-order valence-corrected chi connectivity index (χ0v) is 12.4. The number of hydrogen-bond acceptors (Lipinski definition) is 2. The number of amides is 1. The van der Waals surface area contributed by atoms with Gasteiger partial charge in [0.2, 0.25) is 5.91 Å². The van der Waals surface area contributed by atoms with Crippen molar-refractivity contribution in [3.05, 3.63) is 35.6 Å². The number of carbonyl (C=O) groups excluding carboxylic acids is 1. The van der Waals surface area contributed by atoms with Crippen LogP contribution in [0.25, 0.3) is 0 Å². The molecule has 1 fully saturated rings. The predicted octanol–water partition coefficient (Wildman–Crippen LogP) is 3.08. The Hall–Kier alpha value is -1.42. The Morgan fingerprint density at radius 3 is 2.70 bits per heavy atom. The predicted molar refractivity (Wildman–Crippen MR) is 77.5 cm³/mol. The summed E-state index contributed by atoms with van der Waals surface area (Å²) >= 11 is 0. The van der Waals surface area contributed by atoms with Crippen molar-refractivity contribution in [2.45, 2.75) is 45.8 Å². The van der Waals surface area contributed by atoms with E-state index in [-0.39, 0.29) is 23.9 Å². The lowest BCUT2D eigenvalue weighted by Gasteiger charge is -2.25. The molecular weight excluding hydrogens is 255 g/mol. The maximum absolute atomic E-state index is 13.9. The van der Waals surface area contributed by atoms with Gasteiger partial charge in [-0.2, -0.15) is 0 Å². The third-order valence-electron chi connectivity index (χ3n) is 3.75. The summed E-state index contributed by atoms with van der Waals surface area (Å²) in [6, 6.07) is 6.41. The van der Waals surface area contributed by atoms with E-state index in [9.17, 15) is 9.18 Å². The molecule has 3 nitrogen and oxygen atoms in total. The van der Waals surface area contributed by atoms with Crippen molar-refractivity contribution in [2.75, 3.05) is 6.54 Å². The second-order valence-corrected chi connectivity index (χ2v) is 5.88. The molecule has 1 saturated heterocycles. The van der Waals surface area contributed by atoms with E-state index in [0.29, 0.717) is 18.0 Å². The molecule has 1 aromatic rings. The van der Waals surface area contributed by atoms with Crippen LogP contribution in [0.2, 0.25) is 0 Å². The average molecular weight is 278 g/mol. The van der Waals surface area contributed by atoms with Crippen LogP contribution >= 0.6 is 0 Å². The average Bonchev–Trinajstić information content (AvgIpc) is 2.67. The van der Waals surface area contributed by atoms with Crippen LogP contribution in [0.3, 0.4) is 0 Å². The summed E-state index contributed by atoms with van der Waals surface area (Å²) < 4.78 is 13.9. The molecule has 0 radical (unpaired) electrons. The Labute approximate surface area is 120 Å². The molecule has 0 spiro atoms. The monoisotopic (exact) mass is 278 g/mol. The molecule has 0 saturated carbocycles. The largest absolute Gasteiger partial charge is 0.321 e. The first kappa shape index (κ1) is 15.0. The Kier molecular flexibility index (Phi) is 4.76. The van der Waals surface area contributed by atoms with E-state index in [2.05, 4.69) is 19.2 Å². The van der Waals surface area contributed by atoms with Gasteiger partial charge in [-0.15, -0.1) is 0 Å². The maximum atomic E-state index is 13.9. The van der Waals surface area contributed by atoms with Crippen LogP contribution in [-0.4, -0.2) is 23.4 Å². The van der Waals surface area contributed by atoms with E-state index < -0.39 is 0 Å². The Morgan fingerprint density at radius 2 is 2.05 bits per heavy atom. The molecule has 1 aliphatic rings. The first-order chi connectivity index (χ1) is 9.50. The van der Waals surface area contributed by atoms with E-state index in [1.807, 2.05) is 6.92 Å². The Bertz CT molecular complexity index is 475. The minimum atomic E-state index is -0.342. The van der Waals surface area contributed by atoms with Crippen LogP contribution < -0.4 is 5.32 Å². The van der Waals surface area contributed by atoms with Crippen molar-refractivity contribution in [3.63, 3.8) is 0 Å². The zero-order valence-electron chi connectivity index (χ0n) is 12.4. The second kappa shape index (κ2) is 6.35. The summed E-state index contributed by atoms with van der Waals surface area (Å²) in [7, 11) is 0. The number of rotatable bonds is 5. The highest BCUT2D eigenvalue weighted by Gasteiger charge is 2.37. The lowest BCUT2D eigenvalue weighted by atomic mass is 10.1. The van der Waals surface area contributed by atoms with Crippen molar-refractivity contribution in [1.82, 2.24) is 10.2 Å². The molecular formula is C16H23FN2O. The van der Waals surface area contributed by atoms with Gasteiger partial charge in [-0.25, -0.2) is 4.39 Å². The summed E-state index contributed by atoms with van der Waals surface area (Å²) in [6.07, 6.45) is 1.68. The van der Waals surface area contributed by atoms with Gasteiger partial charge >= 0.3 is 0 Å². The molecule has 2 atom stereocenters. The van der Waals surface area contributed by atoms with Gasteiger partial charge in [0.25, 0.3) is 0 Å². The number of benzene rings is 1. The minimum Gasteiger partial charge on any atom is -0.321 e. The van der Waals surface area contributed by atoms with Crippen LogP contribution in [0, 0.1) is 11.7 Å². The van der Waals surface area contributed by atoms with E-state index >= 15 is 0 Å². The first-order valence-electron chi connectivity index (χ1n) is 7.31. The van der Waals surface area contributed by atoms with E-state index in [4.69, 9.17) is 0 Å². The van der Waals surface area contributed by atoms with Crippen molar-refractivity contribution in [2.24, 2.45) is 5.92 Å². The highest BCUT2D eigenvalue weighted by molar-refractivity contribution is 5.84. The van der Waals surface area contributed by atoms with Gasteiger partial charge in [0.15, 0.2) is 0 Å². The lowest BCUT2D eigenvalue weighted by Crippen LogP contribution is -2.32. The molecule has 110 valence electrons. The lowest BCUT2D eigenvalue weighted by molar-refractivity contribution is -0.129. The zero-order chi connectivity index (χ0) is 14.7. The van der Waals surface area contributed by atoms with Crippen molar-refractivity contribution >= 4 is 5.91 Å².